The Morgan fingerprint density at radius 2 is 0.529 bits per heavy atom. The molecule has 5 atom stereocenters. The Balaban J connectivity index is 5.24. The van der Waals surface area contributed by atoms with Crippen LogP contribution in [0.3, 0.4) is 0 Å². The zero-order valence-electron chi connectivity index (χ0n) is 56.3. The van der Waals surface area contributed by atoms with Gasteiger partial charge in [-0.05, 0) is 37.5 Å². The maximum atomic E-state index is 13.0. The number of unbranched alkanes of at least 4 members (excludes halogenated alkanes) is 37. The molecule has 0 aliphatic heterocycles. The molecule has 0 amide bonds. The van der Waals surface area contributed by atoms with Gasteiger partial charge in [0.2, 0.25) is 0 Å². The lowest BCUT2D eigenvalue weighted by molar-refractivity contribution is -0.161. The average Bonchev–Trinajstić information content (AvgIpc) is 3.56. The van der Waals surface area contributed by atoms with Crippen molar-refractivity contribution in [1.82, 2.24) is 0 Å². The van der Waals surface area contributed by atoms with Crippen LogP contribution in [0.15, 0.2) is 0 Å². The summed E-state index contributed by atoms with van der Waals surface area (Å²) in [6, 6.07) is 0. The number of phosphoric acid groups is 2. The predicted molar refractivity (Wildman–Crippen MR) is 349 cm³/mol. The molecule has 0 spiro atoms. The highest BCUT2D eigenvalue weighted by Crippen LogP contribution is 2.45. The van der Waals surface area contributed by atoms with Gasteiger partial charge in [-0.3, -0.25) is 37.3 Å². The lowest BCUT2D eigenvalue weighted by atomic mass is 10.0. The van der Waals surface area contributed by atoms with Gasteiger partial charge in [0, 0.05) is 25.7 Å². The van der Waals surface area contributed by atoms with E-state index < -0.39 is 97.5 Å². The highest BCUT2D eigenvalue weighted by molar-refractivity contribution is 7.47. The minimum Gasteiger partial charge on any atom is -0.462 e. The van der Waals surface area contributed by atoms with Gasteiger partial charge in [0.15, 0.2) is 12.2 Å². The molecule has 0 heterocycles. The lowest BCUT2D eigenvalue weighted by Crippen LogP contribution is -2.30. The van der Waals surface area contributed by atoms with E-state index in [-0.39, 0.29) is 25.7 Å². The molecule has 0 saturated carbocycles. The second-order valence-corrected chi connectivity index (χ2v) is 28.4. The molecule has 0 aromatic carbocycles. The first-order chi connectivity index (χ1) is 41.9. The van der Waals surface area contributed by atoms with Gasteiger partial charge >= 0.3 is 39.5 Å². The smallest absolute Gasteiger partial charge is 0.462 e. The van der Waals surface area contributed by atoms with E-state index in [0.29, 0.717) is 25.7 Å². The van der Waals surface area contributed by atoms with Gasteiger partial charge in [-0.2, -0.15) is 0 Å². The van der Waals surface area contributed by atoms with Gasteiger partial charge < -0.3 is 33.8 Å². The number of hydrogen-bond donors (Lipinski definition) is 3. The summed E-state index contributed by atoms with van der Waals surface area (Å²) >= 11 is 0. The summed E-state index contributed by atoms with van der Waals surface area (Å²) in [7, 11) is -9.89. The third-order valence-electron chi connectivity index (χ3n) is 15.7. The summed E-state index contributed by atoms with van der Waals surface area (Å²) in [6.07, 6.45) is 44.4. The fourth-order valence-electron chi connectivity index (χ4n) is 10.2. The van der Waals surface area contributed by atoms with Crippen LogP contribution in [0.4, 0.5) is 0 Å². The van der Waals surface area contributed by atoms with E-state index in [2.05, 4.69) is 41.5 Å². The number of phosphoric ester groups is 2. The SMILES string of the molecule is CCCCCCCCCCCCCCCCCC(=O)O[C@H](COC(=O)CCCCCCCCCCC(C)C)COP(=O)(O)OC[C@@H](O)COP(=O)(O)OC[C@@H](COC(=O)CCCCCCCCCCCC)OC(=O)CCCCCCCCCCC(C)C. The first kappa shape index (κ1) is 85.1. The second-order valence-electron chi connectivity index (χ2n) is 25.5. The normalized spacial score (nSPS) is 14.2. The van der Waals surface area contributed by atoms with E-state index in [4.69, 9.17) is 37.0 Å². The van der Waals surface area contributed by atoms with Crippen molar-refractivity contribution in [2.45, 2.75) is 362 Å². The van der Waals surface area contributed by atoms with Crippen LogP contribution in [0.1, 0.15) is 343 Å². The fraction of sp³-hybridized carbons (Fsp3) is 0.941. The summed E-state index contributed by atoms with van der Waals surface area (Å²) < 4.78 is 68.2. The van der Waals surface area contributed by atoms with Gasteiger partial charge in [0.1, 0.15) is 19.3 Å². The number of carbonyl (C=O) groups excluding carboxylic acids is 4. The molecule has 87 heavy (non-hydrogen) atoms. The first-order valence-electron chi connectivity index (χ1n) is 35.5. The lowest BCUT2D eigenvalue weighted by Gasteiger charge is -2.21. The summed E-state index contributed by atoms with van der Waals surface area (Å²) in [5, 5.41) is 10.6. The molecule has 0 fully saturated rings. The van der Waals surface area contributed by atoms with Crippen molar-refractivity contribution in [2.75, 3.05) is 39.6 Å². The van der Waals surface area contributed by atoms with Gasteiger partial charge in [0.25, 0.3) is 0 Å². The van der Waals surface area contributed by atoms with Crippen LogP contribution in [-0.4, -0.2) is 96.7 Å². The highest BCUT2D eigenvalue weighted by atomic mass is 31.2. The largest absolute Gasteiger partial charge is 0.472 e. The fourth-order valence-corrected chi connectivity index (χ4v) is 11.8. The molecule has 0 radical (unpaired) electrons. The topological polar surface area (TPSA) is 237 Å². The Kier molecular flexibility index (Phi) is 59.0. The third-order valence-corrected chi connectivity index (χ3v) is 17.6. The monoisotopic (exact) mass is 1280 g/mol. The minimum atomic E-state index is -4.95. The summed E-state index contributed by atoms with van der Waals surface area (Å²) in [4.78, 5) is 72.4. The van der Waals surface area contributed by atoms with Crippen molar-refractivity contribution in [1.29, 1.82) is 0 Å². The molecular formula is C68H132O17P2. The van der Waals surface area contributed by atoms with Gasteiger partial charge in [0.05, 0.1) is 26.4 Å². The van der Waals surface area contributed by atoms with E-state index in [1.165, 1.54) is 161 Å². The summed E-state index contributed by atoms with van der Waals surface area (Å²) in [6.45, 7) is 9.45. The van der Waals surface area contributed by atoms with E-state index in [1.807, 2.05) is 0 Å². The molecule has 0 aliphatic carbocycles. The summed E-state index contributed by atoms with van der Waals surface area (Å²) in [5.74, 6) is -0.683. The molecule has 0 rings (SSSR count). The third kappa shape index (κ3) is 62.6. The number of carbonyl (C=O) groups is 4. The second kappa shape index (κ2) is 60.3. The van der Waals surface area contributed by atoms with Crippen LogP contribution in [0, 0.1) is 11.8 Å². The highest BCUT2D eigenvalue weighted by Gasteiger charge is 2.30. The molecule has 516 valence electrons. The van der Waals surface area contributed by atoms with Gasteiger partial charge in [-0.25, -0.2) is 9.13 Å². The number of aliphatic hydroxyl groups is 1. The Morgan fingerprint density at radius 1 is 0.310 bits per heavy atom. The van der Waals surface area contributed by atoms with Crippen molar-refractivity contribution < 1.29 is 80.2 Å². The Hall–Kier alpha value is -1.94. The molecule has 3 N–H and O–H groups in total. The quantitative estimate of drug-likeness (QED) is 0.0222. The van der Waals surface area contributed by atoms with Crippen molar-refractivity contribution in [3.05, 3.63) is 0 Å². The molecule has 0 aliphatic rings. The number of ether oxygens (including phenoxy) is 4. The van der Waals surface area contributed by atoms with E-state index >= 15 is 0 Å². The molecule has 19 heteroatoms. The van der Waals surface area contributed by atoms with Crippen molar-refractivity contribution in [3.8, 4) is 0 Å². The van der Waals surface area contributed by atoms with Crippen LogP contribution in [0.25, 0.3) is 0 Å². The average molecular weight is 1280 g/mol. The maximum absolute atomic E-state index is 13.0. The van der Waals surface area contributed by atoms with Crippen molar-refractivity contribution in [2.24, 2.45) is 11.8 Å². The number of aliphatic hydroxyl groups excluding tert-OH is 1. The molecule has 0 aromatic heterocycles. The molecule has 0 bridgehead atoms. The number of rotatable bonds is 67. The zero-order valence-corrected chi connectivity index (χ0v) is 58.1. The maximum Gasteiger partial charge on any atom is 0.472 e. The zero-order chi connectivity index (χ0) is 64.3. The molecule has 2 unspecified atom stereocenters. The van der Waals surface area contributed by atoms with E-state index in [1.54, 1.807) is 0 Å². The standard InChI is InChI=1S/C68H132O17P2/c1-7-9-11-13-15-17-19-20-21-22-23-25-34-40-46-52-67(72)84-63(57-79-66(71)51-45-39-33-28-26-30-36-42-48-60(3)4)58-82-86(74,75)80-54-62(69)55-81-87(76,77)83-59-64(56-78-65(70)50-44-38-32-24-18-16-14-12-10-8-2)85-68(73)53-47-41-35-29-27-31-37-43-49-61(5)6/h60-64,69H,7-59H2,1-6H3,(H,74,75)(H,76,77)/t62-,63-,64-/m1/s1. The molecule has 17 nitrogen and oxygen atoms in total. The first-order valence-corrected chi connectivity index (χ1v) is 38.5. The Morgan fingerprint density at radius 3 is 0.782 bits per heavy atom. The van der Waals surface area contributed by atoms with E-state index in [9.17, 15) is 43.2 Å². The molecular weight excluding hydrogens is 1150 g/mol. The van der Waals surface area contributed by atoms with Crippen LogP contribution >= 0.6 is 15.6 Å². The summed E-state index contributed by atoms with van der Waals surface area (Å²) in [5.41, 5.74) is 0. The minimum absolute atomic E-state index is 0.104. The van der Waals surface area contributed by atoms with Gasteiger partial charge in [-0.15, -0.1) is 0 Å². The predicted octanol–water partition coefficient (Wildman–Crippen LogP) is 19.2. The van der Waals surface area contributed by atoms with Crippen molar-refractivity contribution in [3.63, 3.8) is 0 Å². The number of esters is 4. The van der Waals surface area contributed by atoms with Crippen LogP contribution < -0.4 is 0 Å². The van der Waals surface area contributed by atoms with Crippen LogP contribution in [0.2, 0.25) is 0 Å². The molecule has 0 aromatic rings. The Labute approximate surface area is 530 Å². The Bertz CT molecular complexity index is 1700. The van der Waals surface area contributed by atoms with Crippen LogP contribution in [0.5, 0.6) is 0 Å². The van der Waals surface area contributed by atoms with E-state index in [0.717, 1.165) is 102 Å². The number of hydrogen-bond acceptors (Lipinski definition) is 15. The van der Waals surface area contributed by atoms with Gasteiger partial charge in [-0.1, -0.05) is 292 Å². The van der Waals surface area contributed by atoms with Crippen LogP contribution in [-0.2, 0) is 65.4 Å². The molecule has 0 saturated heterocycles. The van der Waals surface area contributed by atoms with Crippen molar-refractivity contribution >= 4 is 39.5 Å².